The molecule has 2 aromatic heterocycles. The molecule has 8 heteroatoms. The van der Waals surface area contributed by atoms with Gasteiger partial charge in [0.05, 0.1) is 6.10 Å². The number of hydrogen-bond acceptors (Lipinski definition) is 7. The number of anilines is 2. The highest BCUT2D eigenvalue weighted by atomic mass is 16.3. The van der Waals surface area contributed by atoms with E-state index in [9.17, 15) is 9.90 Å². The summed E-state index contributed by atoms with van der Waals surface area (Å²) in [5.41, 5.74) is 1.37. The molecule has 0 aliphatic carbocycles. The van der Waals surface area contributed by atoms with Crippen molar-refractivity contribution in [1.82, 2.24) is 19.5 Å². The van der Waals surface area contributed by atoms with Gasteiger partial charge in [-0.25, -0.2) is 9.78 Å². The number of nitrogens with zero attached hydrogens (tertiary/aromatic N) is 5. The second-order valence-corrected chi connectivity index (χ2v) is 6.03. The first-order chi connectivity index (χ1) is 11.5. The lowest BCUT2D eigenvalue weighted by molar-refractivity contribution is 0.198. The number of aromatic nitrogens is 4. The third kappa shape index (κ3) is 3.70. The van der Waals surface area contributed by atoms with Crippen molar-refractivity contribution >= 4 is 11.8 Å². The summed E-state index contributed by atoms with van der Waals surface area (Å²) in [6, 6.07) is 3.72. The average molecular weight is 330 g/mol. The summed E-state index contributed by atoms with van der Waals surface area (Å²) in [5, 5.41) is 12.8. The van der Waals surface area contributed by atoms with Crippen molar-refractivity contribution in [2.75, 3.05) is 29.9 Å². The standard InChI is InChI=1S/C16H22N6O2/c1-11-9-12(2)22(16(24)19-11)8-6-18-15-17-5-3-14(20-15)21-7-4-13(23)10-21/h3,5,9,13,23H,4,6-8,10H2,1-2H3,(H,17,18,20). The Hall–Kier alpha value is -2.48. The molecule has 1 fully saturated rings. The molecular weight excluding hydrogens is 308 g/mol. The van der Waals surface area contributed by atoms with Crippen molar-refractivity contribution in [3.8, 4) is 0 Å². The molecule has 8 nitrogen and oxygen atoms in total. The zero-order chi connectivity index (χ0) is 17.1. The van der Waals surface area contributed by atoms with Crippen LogP contribution in [-0.2, 0) is 6.54 Å². The van der Waals surface area contributed by atoms with Gasteiger partial charge in [-0.2, -0.15) is 9.97 Å². The molecule has 0 aromatic carbocycles. The molecule has 1 saturated heterocycles. The number of rotatable bonds is 5. The number of nitrogens with one attached hydrogen (secondary N) is 1. The van der Waals surface area contributed by atoms with Crippen molar-refractivity contribution in [2.24, 2.45) is 0 Å². The predicted octanol–water partition coefficient (Wildman–Crippen LogP) is 0.333. The maximum atomic E-state index is 11.9. The molecule has 0 bridgehead atoms. The van der Waals surface area contributed by atoms with Crippen LogP contribution < -0.4 is 15.9 Å². The molecule has 3 rings (SSSR count). The molecule has 2 aromatic rings. The first kappa shape index (κ1) is 16.4. The molecule has 0 radical (unpaired) electrons. The Labute approximate surface area is 140 Å². The van der Waals surface area contributed by atoms with E-state index in [1.807, 2.05) is 30.9 Å². The summed E-state index contributed by atoms with van der Waals surface area (Å²) >= 11 is 0. The molecule has 1 atom stereocenters. The third-order valence-corrected chi connectivity index (χ3v) is 4.09. The van der Waals surface area contributed by atoms with Crippen LogP contribution >= 0.6 is 0 Å². The SMILES string of the molecule is Cc1cc(C)n(CCNc2nccc(N3CCC(O)C3)n2)c(=O)n1. The minimum atomic E-state index is -0.291. The minimum Gasteiger partial charge on any atom is -0.391 e. The van der Waals surface area contributed by atoms with Crippen LogP contribution in [0.1, 0.15) is 17.8 Å². The van der Waals surface area contributed by atoms with Gasteiger partial charge in [-0.15, -0.1) is 0 Å². The Balaban J connectivity index is 1.62. The van der Waals surface area contributed by atoms with Gasteiger partial charge in [-0.3, -0.25) is 4.57 Å². The van der Waals surface area contributed by atoms with Crippen LogP contribution in [0.3, 0.4) is 0 Å². The van der Waals surface area contributed by atoms with Crippen LogP contribution in [0.5, 0.6) is 0 Å². The van der Waals surface area contributed by atoms with E-state index in [2.05, 4.69) is 20.3 Å². The van der Waals surface area contributed by atoms with E-state index in [1.165, 1.54) is 0 Å². The highest BCUT2D eigenvalue weighted by molar-refractivity contribution is 5.43. The Kier molecular flexibility index (Phi) is 4.75. The summed E-state index contributed by atoms with van der Waals surface area (Å²) in [6.07, 6.45) is 2.16. The molecule has 0 amide bonds. The van der Waals surface area contributed by atoms with Gasteiger partial charge in [0.2, 0.25) is 5.95 Å². The molecule has 1 aliphatic rings. The normalized spacial score (nSPS) is 17.3. The van der Waals surface area contributed by atoms with Crippen molar-refractivity contribution in [2.45, 2.75) is 32.9 Å². The first-order valence-electron chi connectivity index (χ1n) is 8.08. The Morgan fingerprint density at radius 3 is 2.92 bits per heavy atom. The van der Waals surface area contributed by atoms with E-state index in [0.717, 1.165) is 30.2 Å². The smallest absolute Gasteiger partial charge is 0.348 e. The fourth-order valence-corrected chi connectivity index (χ4v) is 2.89. The Bertz CT molecular complexity index is 775. The lowest BCUT2D eigenvalue weighted by Crippen LogP contribution is -2.28. The fourth-order valence-electron chi connectivity index (χ4n) is 2.89. The fraction of sp³-hybridized carbons (Fsp3) is 0.500. The molecular formula is C16H22N6O2. The summed E-state index contributed by atoms with van der Waals surface area (Å²) in [4.78, 5) is 26.6. The van der Waals surface area contributed by atoms with Gasteiger partial charge in [-0.05, 0) is 32.4 Å². The van der Waals surface area contributed by atoms with Gasteiger partial charge >= 0.3 is 5.69 Å². The van der Waals surface area contributed by atoms with Crippen molar-refractivity contribution in [3.05, 3.63) is 40.2 Å². The highest BCUT2D eigenvalue weighted by Crippen LogP contribution is 2.18. The summed E-state index contributed by atoms with van der Waals surface area (Å²) in [5.74, 6) is 1.31. The van der Waals surface area contributed by atoms with E-state index in [4.69, 9.17) is 0 Å². The Morgan fingerprint density at radius 1 is 1.38 bits per heavy atom. The number of β-amino-alcohol motifs (C(OH)–C–C–N with tert-alkyl or cyclic N) is 1. The van der Waals surface area contributed by atoms with Gasteiger partial charge < -0.3 is 15.3 Å². The zero-order valence-corrected chi connectivity index (χ0v) is 13.9. The van der Waals surface area contributed by atoms with Crippen LogP contribution in [0.25, 0.3) is 0 Å². The van der Waals surface area contributed by atoms with Crippen molar-refractivity contribution in [1.29, 1.82) is 0 Å². The van der Waals surface area contributed by atoms with Gasteiger partial charge in [0, 0.05) is 43.8 Å². The average Bonchev–Trinajstić information content (AvgIpc) is 2.97. The van der Waals surface area contributed by atoms with Crippen molar-refractivity contribution < 1.29 is 5.11 Å². The maximum Gasteiger partial charge on any atom is 0.348 e. The number of aliphatic hydroxyl groups excluding tert-OH is 1. The summed E-state index contributed by atoms with van der Waals surface area (Å²) in [6.45, 7) is 6.12. The summed E-state index contributed by atoms with van der Waals surface area (Å²) in [7, 11) is 0. The quantitative estimate of drug-likeness (QED) is 0.815. The number of hydrogen-bond donors (Lipinski definition) is 2. The van der Waals surface area contributed by atoms with E-state index < -0.39 is 0 Å². The van der Waals surface area contributed by atoms with Gasteiger partial charge in [-0.1, -0.05) is 0 Å². The topological polar surface area (TPSA) is 96.2 Å². The number of aliphatic hydroxyl groups is 1. The zero-order valence-electron chi connectivity index (χ0n) is 13.9. The Morgan fingerprint density at radius 2 is 2.21 bits per heavy atom. The van der Waals surface area contributed by atoms with E-state index in [0.29, 0.717) is 25.6 Å². The van der Waals surface area contributed by atoms with Gasteiger partial charge in [0.25, 0.3) is 0 Å². The molecule has 1 aliphatic heterocycles. The van der Waals surface area contributed by atoms with Gasteiger partial charge in [0.1, 0.15) is 5.82 Å². The van der Waals surface area contributed by atoms with E-state index >= 15 is 0 Å². The van der Waals surface area contributed by atoms with Crippen LogP contribution in [0.15, 0.2) is 23.1 Å². The maximum absolute atomic E-state index is 11.9. The number of aryl methyl sites for hydroxylation is 2. The monoisotopic (exact) mass is 330 g/mol. The molecule has 0 saturated carbocycles. The second-order valence-electron chi connectivity index (χ2n) is 6.03. The molecule has 128 valence electrons. The van der Waals surface area contributed by atoms with Gasteiger partial charge in [0.15, 0.2) is 0 Å². The molecule has 2 N–H and O–H groups in total. The van der Waals surface area contributed by atoms with E-state index in [-0.39, 0.29) is 11.8 Å². The third-order valence-electron chi connectivity index (χ3n) is 4.09. The molecule has 0 spiro atoms. The van der Waals surface area contributed by atoms with E-state index in [1.54, 1.807) is 10.8 Å². The molecule has 3 heterocycles. The lowest BCUT2D eigenvalue weighted by Gasteiger charge is -2.17. The minimum absolute atomic E-state index is 0.241. The highest BCUT2D eigenvalue weighted by Gasteiger charge is 2.21. The van der Waals surface area contributed by atoms with Crippen molar-refractivity contribution in [3.63, 3.8) is 0 Å². The van der Waals surface area contributed by atoms with Crippen LogP contribution in [0.4, 0.5) is 11.8 Å². The molecule has 24 heavy (non-hydrogen) atoms. The molecule has 1 unspecified atom stereocenters. The largest absolute Gasteiger partial charge is 0.391 e. The summed E-state index contributed by atoms with van der Waals surface area (Å²) < 4.78 is 1.63. The first-order valence-corrected chi connectivity index (χ1v) is 8.08. The predicted molar refractivity (Wildman–Crippen MR) is 91.3 cm³/mol. The van der Waals surface area contributed by atoms with Crippen LogP contribution in [-0.4, -0.2) is 50.4 Å². The second kappa shape index (κ2) is 6.96. The lowest BCUT2D eigenvalue weighted by atomic mass is 10.3. The van der Waals surface area contributed by atoms with Crippen LogP contribution in [0, 0.1) is 13.8 Å². The van der Waals surface area contributed by atoms with Crippen LogP contribution in [0.2, 0.25) is 0 Å².